The van der Waals surface area contributed by atoms with Crippen molar-refractivity contribution >= 4 is 45.5 Å². The first-order valence-electron chi connectivity index (χ1n) is 6.53. The summed E-state index contributed by atoms with van der Waals surface area (Å²) >= 11 is 9.11. The van der Waals surface area contributed by atoms with E-state index in [9.17, 15) is 4.79 Å². The molecule has 0 radical (unpaired) electrons. The van der Waals surface area contributed by atoms with Crippen LogP contribution in [-0.4, -0.2) is 15.7 Å². The van der Waals surface area contributed by atoms with Crippen molar-refractivity contribution in [1.82, 2.24) is 9.38 Å². The molecule has 4 rings (SSSR count). The fourth-order valence-corrected chi connectivity index (χ4v) is 4.23. The number of fused-ring (bicyclic) bond motifs is 1. The molecule has 1 aromatic carbocycles. The zero-order valence-electron chi connectivity index (χ0n) is 11.2. The summed E-state index contributed by atoms with van der Waals surface area (Å²) in [5.74, 6) is 0. The predicted octanol–water partition coefficient (Wildman–Crippen LogP) is 5.26. The molecule has 22 heavy (non-hydrogen) atoms. The highest BCUT2D eigenvalue weighted by Gasteiger charge is 2.18. The van der Waals surface area contributed by atoms with Gasteiger partial charge in [0.25, 0.3) is 0 Å². The smallest absolute Gasteiger partial charge is 0.195 e. The summed E-state index contributed by atoms with van der Waals surface area (Å²) in [6, 6.07) is 11.4. The van der Waals surface area contributed by atoms with Crippen molar-refractivity contribution in [3.63, 3.8) is 0 Å². The topological polar surface area (TPSA) is 34.4 Å². The number of imidazole rings is 1. The molecule has 0 aliphatic heterocycles. The van der Waals surface area contributed by atoms with Gasteiger partial charge in [-0.3, -0.25) is 9.20 Å². The van der Waals surface area contributed by atoms with Crippen molar-refractivity contribution in [3.8, 4) is 21.8 Å². The molecule has 0 aliphatic rings. The molecule has 0 saturated heterocycles. The minimum Gasteiger partial charge on any atom is -0.296 e. The quantitative estimate of drug-likeness (QED) is 0.475. The molecule has 0 amide bonds. The van der Waals surface area contributed by atoms with Crippen LogP contribution in [0.15, 0.2) is 47.2 Å². The summed E-state index contributed by atoms with van der Waals surface area (Å²) in [7, 11) is 0. The number of aromatic nitrogens is 2. The number of rotatable bonds is 3. The molecule has 0 aliphatic carbocycles. The average Bonchev–Trinajstić information content (AvgIpc) is 3.23. The molecule has 0 unspecified atom stereocenters. The minimum atomic E-state index is 0.571. The number of hydrogen-bond acceptors (Lipinski definition) is 4. The molecular weight excluding hydrogens is 336 g/mol. The Bertz CT molecular complexity index is 952. The maximum Gasteiger partial charge on any atom is 0.195 e. The number of thiophene rings is 1. The van der Waals surface area contributed by atoms with Gasteiger partial charge in [0.1, 0.15) is 11.4 Å². The van der Waals surface area contributed by atoms with E-state index in [2.05, 4.69) is 4.98 Å². The minimum absolute atomic E-state index is 0.571. The van der Waals surface area contributed by atoms with Gasteiger partial charge in [0.05, 0.1) is 10.6 Å². The number of hydrogen-bond donors (Lipinski definition) is 0. The summed E-state index contributed by atoms with van der Waals surface area (Å²) in [4.78, 5) is 18.2. The number of carbonyl (C=O) groups excluding carboxylic acids is 1. The molecule has 6 heteroatoms. The summed E-state index contributed by atoms with van der Waals surface area (Å²) in [5, 5.41) is 4.72. The van der Waals surface area contributed by atoms with E-state index in [0.717, 1.165) is 27.4 Å². The van der Waals surface area contributed by atoms with Crippen LogP contribution in [0.5, 0.6) is 0 Å². The van der Waals surface area contributed by atoms with Crippen molar-refractivity contribution in [2.45, 2.75) is 0 Å². The van der Waals surface area contributed by atoms with Crippen LogP contribution in [0, 0.1) is 0 Å². The third-order valence-electron chi connectivity index (χ3n) is 3.40. The molecule has 3 aromatic heterocycles. The Morgan fingerprint density at radius 2 is 1.95 bits per heavy atom. The van der Waals surface area contributed by atoms with Crippen LogP contribution in [0.3, 0.4) is 0 Å². The Hall–Kier alpha value is -1.95. The van der Waals surface area contributed by atoms with Gasteiger partial charge in [-0.2, -0.15) is 0 Å². The standard InChI is InChI=1S/C16H9ClN2OS2/c17-11-5-3-10(4-6-11)15-12(8-20)19-13(9-22-16(19)18-15)14-2-1-7-21-14/h1-9H. The fourth-order valence-electron chi connectivity index (χ4n) is 2.41. The van der Waals surface area contributed by atoms with Gasteiger partial charge < -0.3 is 0 Å². The first kappa shape index (κ1) is 13.7. The van der Waals surface area contributed by atoms with Crippen LogP contribution in [-0.2, 0) is 0 Å². The van der Waals surface area contributed by atoms with Crippen LogP contribution >= 0.6 is 34.3 Å². The van der Waals surface area contributed by atoms with E-state index in [0.29, 0.717) is 16.4 Å². The lowest BCUT2D eigenvalue weighted by atomic mass is 10.1. The lowest BCUT2D eigenvalue weighted by Gasteiger charge is -2.01. The van der Waals surface area contributed by atoms with Crippen molar-refractivity contribution in [2.24, 2.45) is 0 Å². The van der Waals surface area contributed by atoms with Crippen LogP contribution in [0.4, 0.5) is 0 Å². The third-order valence-corrected chi connectivity index (χ3v) is 5.37. The molecule has 4 aromatic rings. The van der Waals surface area contributed by atoms with Gasteiger partial charge in [-0.15, -0.1) is 22.7 Å². The molecule has 0 N–H and O–H groups in total. The van der Waals surface area contributed by atoms with Gasteiger partial charge in [-0.1, -0.05) is 29.8 Å². The molecule has 0 spiro atoms. The Kier molecular flexibility index (Phi) is 3.33. The molecule has 0 saturated carbocycles. The highest BCUT2D eigenvalue weighted by atomic mass is 35.5. The van der Waals surface area contributed by atoms with Crippen molar-refractivity contribution in [2.75, 3.05) is 0 Å². The fraction of sp³-hybridized carbons (Fsp3) is 0. The molecule has 3 nitrogen and oxygen atoms in total. The molecule has 0 atom stereocenters. The van der Waals surface area contributed by atoms with E-state index in [1.807, 2.05) is 39.4 Å². The van der Waals surface area contributed by atoms with E-state index >= 15 is 0 Å². The molecule has 3 heterocycles. The van der Waals surface area contributed by atoms with E-state index in [1.165, 1.54) is 11.3 Å². The van der Waals surface area contributed by atoms with Gasteiger partial charge in [0, 0.05) is 16.0 Å². The molecule has 0 bridgehead atoms. The monoisotopic (exact) mass is 344 g/mol. The number of aldehydes is 1. The van der Waals surface area contributed by atoms with Crippen LogP contribution in [0.25, 0.3) is 26.8 Å². The maximum absolute atomic E-state index is 11.7. The lowest BCUT2D eigenvalue weighted by Crippen LogP contribution is -1.93. The number of benzene rings is 1. The lowest BCUT2D eigenvalue weighted by molar-refractivity contribution is 0.111. The van der Waals surface area contributed by atoms with E-state index < -0.39 is 0 Å². The highest BCUT2D eigenvalue weighted by molar-refractivity contribution is 7.17. The molecule has 0 fully saturated rings. The number of nitrogens with zero attached hydrogens (tertiary/aromatic N) is 2. The van der Waals surface area contributed by atoms with Crippen molar-refractivity contribution in [3.05, 3.63) is 57.9 Å². The highest BCUT2D eigenvalue weighted by Crippen LogP contribution is 2.34. The Morgan fingerprint density at radius 3 is 2.64 bits per heavy atom. The zero-order chi connectivity index (χ0) is 15.1. The second kappa shape index (κ2) is 5.35. The average molecular weight is 345 g/mol. The normalized spacial score (nSPS) is 11.1. The summed E-state index contributed by atoms with van der Waals surface area (Å²) in [6.07, 6.45) is 0.869. The van der Waals surface area contributed by atoms with Gasteiger partial charge in [0.15, 0.2) is 11.2 Å². The first-order chi connectivity index (χ1) is 10.8. The first-order valence-corrected chi connectivity index (χ1v) is 8.66. The van der Waals surface area contributed by atoms with Gasteiger partial charge in [0.2, 0.25) is 0 Å². The predicted molar refractivity (Wildman–Crippen MR) is 92.2 cm³/mol. The summed E-state index contributed by atoms with van der Waals surface area (Å²) in [6.45, 7) is 0. The number of thiazole rings is 1. The van der Waals surface area contributed by atoms with E-state index in [1.54, 1.807) is 23.5 Å². The summed E-state index contributed by atoms with van der Waals surface area (Å²) in [5.41, 5.74) is 3.16. The van der Waals surface area contributed by atoms with Crippen molar-refractivity contribution < 1.29 is 4.79 Å². The second-order valence-corrected chi connectivity index (χ2v) is 6.91. The van der Waals surface area contributed by atoms with Gasteiger partial charge >= 0.3 is 0 Å². The van der Waals surface area contributed by atoms with Gasteiger partial charge in [-0.05, 0) is 23.6 Å². The largest absolute Gasteiger partial charge is 0.296 e. The maximum atomic E-state index is 11.7. The Morgan fingerprint density at radius 1 is 1.14 bits per heavy atom. The molecular formula is C16H9ClN2OS2. The summed E-state index contributed by atoms with van der Waals surface area (Å²) < 4.78 is 1.92. The molecule has 108 valence electrons. The van der Waals surface area contributed by atoms with Crippen LogP contribution in [0.1, 0.15) is 10.5 Å². The third kappa shape index (κ3) is 2.09. The van der Waals surface area contributed by atoms with E-state index in [-0.39, 0.29) is 0 Å². The second-order valence-electron chi connectivity index (χ2n) is 4.69. The van der Waals surface area contributed by atoms with Crippen LogP contribution in [0.2, 0.25) is 5.02 Å². The van der Waals surface area contributed by atoms with E-state index in [4.69, 9.17) is 11.6 Å². The van der Waals surface area contributed by atoms with Crippen molar-refractivity contribution in [1.29, 1.82) is 0 Å². The van der Waals surface area contributed by atoms with Gasteiger partial charge in [-0.25, -0.2) is 4.98 Å². The number of halogens is 1. The Labute approximate surface area is 139 Å². The SMILES string of the molecule is O=Cc1c(-c2ccc(Cl)cc2)nc2scc(-c3cccs3)n12. The zero-order valence-corrected chi connectivity index (χ0v) is 13.6. The Balaban J connectivity index is 1.98. The van der Waals surface area contributed by atoms with Crippen LogP contribution < -0.4 is 0 Å². The number of carbonyl (C=O) groups is 1.